The van der Waals surface area contributed by atoms with Gasteiger partial charge in [-0.25, -0.2) is 4.79 Å². The van der Waals surface area contributed by atoms with Gasteiger partial charge in [0.2, 0.25) is 5.43 Å². The van der Waals surface area contributed by atoms with Crippen LogP contribution in [0.3, 0.4) is 0 Å². The summed E-state index contributed by atoms with van der Waals surface area (Å²) in [6.07, 6.45) is 9.11. The summed E-state index contributed by atoms with van der Waals surface area (Å²) in [6.45, 7) is 1.14. The quantitative estimate of drug-likeness (QED) is 0.604. The zero-order valence-corrected chi connectivity index (χ0v) is 15.7. The van der Waals surface area contributed by atoms with E-state index in [-0.39, 0.29) is 5.69 Å². The minimum Gasteiger partial charge on any atom is -0.503 e. The molecule has 1 amide bonds. The number of aromatic nitrogens is 1. The molecular formula is C19H28N2O6. The summed E-state index contributed by atoms with van der Waals surface area (Å²) in [7, 11) is 1.53. The first-order chi connectivity index (χ1) is 13.0. The smallest absolute Gasteiger partial charge is 0.341 e. The van der Waals surface area contributed by atoms with Gasteiger partial charge in [0, 0.05) is 26.4 Å². The average Bonchev–Trinajstić information content (AvgIpc) is 2.66. The Hall–Kier alpha value is -2.35. The van der Waals surface area contributed by atoms with E-state index in [2.05, 4.69) is 4.98 Å². The molecule has 0 aromatic carbocycles. The van der Waals surface area contributed by atoms with Gasteiger partial charge in [-0.1, -0.05) is 32.1 Å². The maximum absolute atomic E-state index is 12.8. The first-order valence-corrected chi connectivity index (χ1v) is 9.41. The third-order valence-electron chi connectivity index (χ3n) is 5.12. The van der Waals surface area contributed by atoms with Crippen LogP contribution in [0.5, 0.6) is 5.75 Å². The summed E-state index contributed by atoms with van der Waals surface area (Å²) < 4.78 is 5.05. The van der Waals surface area contributed by atoms with Gasteiger partial charge in [-0.3, -0.25) is 9.59 Å². The first-order valence-electron chi connectivity index (χ1n) is 9.41. The number of hydrogen-bond donors (Lipinski definition) is 3. The topological polar surface area (TPSA) is 120 Å². The van der Waals surface area contributed by atoms with Crippen LogP contribution in [0.2, 0.25) is 0 Å². The van der Waals surface area contributed by atoms with Gasteiger partial charge >= 0.3 is 5.97 Å². The van der Waals surface area contributed by atoms with E-state index in [0.717, 1.165) is 19.0 Å². The number of carboxylic acid groups (broad SMARTS) is 1. The van der Waals surface area contributed by atoms with Crippen LogP contribution in [0.25, 0.3) is 0 Å². The second-order valence-electron chi connectivity index (χ2n) is 6.99. The summed E-state index contributed by atoms with van der Waals surface area (Å²) in [5.41, 5.74) is -1.97. The second kappa shape index (κ2) is 10.1. The molecular weight excluding hydrogens is 352 g/mol. The maximum Gasteiger partial charge on any atom is 0.341 e. The molecule has 1 aliphatic rings. The highest BCUT2D eigenvalue weighted by atomic mass is 16.5. The molecule has 0 bridgehead atoms. The minimum absolute atomic E-state index is 0.293. The third-order valence-corrected chi connectivity index (χ3v) is 5.12. The second-order valence-corrected chi connectivity index (χ2v) is 6.99. The van der Waals surface area contributed by atoms with E-state index in [1.807, 2.05) is 0 Å². The highest BCUT2D eigenvalue weighted by Crippen LogP contribution is 2.27. The fourth-order valence-corrected chi connectivity index (χ4v) is 3.56. The maximum atomic E-state index is 12.8. The van der Waals surface area contributed by atoms with Crippen molar-refractivity contribution in [1.82, 2.24) is 9.88 Å². The van der Waals surface area contributed by atoms with Crippen LogP contribution in [0.1, 0.15) is 65.8 Å². The SMILES string of the molecule is COCCN(CCCC1CCCCC1)C(=O)c1[nH]cc(C(=O)O)c(=O)c1O. The lowest BCUT2D eigenvalue weighted by atomic mass is 9.86. The molecule has 1 aromatic rings. The average molecular weight is 380 g/mol. The molecule has 8 heteroatoms. The largest absolute Gasteiger partial charge is 0.503 e. The standard InChI is InChI=1S/C19H28N2O6/c1-27-11-10-21(9-5-8-13-6-3-2-4-7-13)18(24)15-17(23)16(22)14(12-20-15)19(25)26/h12-13,23H,2-11H2,1H3,(H,20,22)(H,25,26). The Balaban J connectivity index is 2.08. The van der Waals surface area contributed by atoms with Crippen LogP contribution in [-0.4, -0.2) is 58.8 Å². The van der Waals surface area contributed by atoms with Crippen LogP contribution >= 0.6 is 0 Å². The fraction of sp³-hybridized carbons (Fsp3) is 0.632. The Kier molecular flexibility index (Phi) is 7.84. The molecule has 1 heterocycles. The molecule has 0 aliphatic heterocycles. The van der Waals surface area contributed by atoms with E-state index in [1.165, 1.54) is 44.1 Å². The summed E-state index contributed by atoms with van der Waals surface area (Å²) in [4.78, 5) is 39.7. The van der Waals surface area contributed by atoms with Crippen molar-refractivity contribution in [3.8, 4) is 5.75 Å². The Labute approximate surface area is 158 Å². The summed E-state index contributed by atoms with van der Waals surface area (Å²) in [5, 5.41) is 19.0. The molecule has 0 atom stereocenters. The number of amides is 1. The van der Waals surface area contributed by atoms with Crippen LogP contribution in [0.15, 0.2) is 11.0 Å². The zero-order valence-electron chi connectivity index (χ0n) is 15.7. The van der Waals surface area contributed by atoms with Crippen molar-refractivity contribution in [3.05, 3.63) is 27.7 Å². The number of aromatic hydroxyl groups is 1. The lowest BCUT2D eigenvalue weighted by Crippen LogP contribution is -2.36. The number of methoxy groups -OCH3 is 1. The van der Waals surface area contributed by atoms with Crippen LogP contribution in [0, 0.1) is 5.92 Å². The summed E-state index contributed by atoms with van der Waals surface area (Å²) in [5.74, 6) is -2.17. The Morgan fingerprint density at radius 2 is 1.96 bits per heavy atom. The molecule has 0 spiro atoms. The van der Waals surface area contributed by atoms with Gasteiger partial charge in [-0.15, -0.1) is 0 Å². The molecule has 1 saturated carbocycles. The number of carbonyl (C=O) groups excluding carboxylic acids is 1. The molecule has 150 valence electrons. The monoisotopic (exact) mass is 380 g/mol. The van der Waals surface area contributed by atoms with E-state index >= 15 is 0 Å². The number of hydrogen-bond acceptors (Lipinski definition) is 5. The van der Waals surface area contributed by atoms with Crippen molar-refractivity contribution < 1.29 is 24.5 Å². The van der Waals surface area contributed by atoms with Gasteiger partial charge in [-0.2, -0.15) is 0 Å². The van der Waals surface area contributed by atoms with Gasteiger partial charge in [0.05, 0.1) is 6.61 Å². The number of ether oxygens (including phenoxy) is 1. The van der Waals surface area contributed by atoms with Gasteiger partial charge in [-0.05, 0) is 18.8 Å². The number of pyridine rings is 1. The molecule has 0 radical (unpaired) electrons. The van der Waals surface area contributed by atoms with Gasteiger partial charge in [0.25, 0.3) is 5.91 Å². The number of aromatic amines is 1. The zero-order chi connectivity index (χ0) is 19.8. The molecule has 1 aromatic heterocycles. The minimum atomic E-state index is -1.46. The van der Waals surface area contributed by atoms with Crippen molar-refractivity contribution in [2.75, 3.05) is 26.8 Å². The number of carbonyl (C=O) groups is 2. The molecule has 0 unspecified atom stereocenters. The number of rotatable bonds is 9. The Morgan fingerprint density at radius 3 is 2.59 bits per heavy atom. The fourth-order valence-electron chi connectivity index (χ4n) is 3.56. The van der Waals surface area contributed by atoms with E-state index in [9.17, 15) is 19.5 Å². The van der Waals surface area contributed by atoms with Gasteiger partial charge in [0.15, 0.2) is 11.4 Å². The van der Waals surface area contributed by atoms with Gasteiger partial charge in [0.1, 0.15) is 5.56 Å². The van der Waals surface area contributed by atoms with Crippen molar-refractivity contribution in [2.45, 2.75) is 44.9 Å². The summed E-state index contributed by atoms with van der Waals surface area (Å²) >= 11 is 0. The highest BCUT2D eigenvalue weighted by molar-refractivity contribution is 5.96. The van der Waals surface area contributed by atoms with E-state index in [0.29, 0.717) is 25.6 Å². The first kappa shape index (κ1) is 21.0. The Bertz CT molecular complexity index is 709. The van der Waals surface area contributed by atoms with Gasteiger partial charge < -0.3 is 24.8 Å². The predicted octanol–water partition coefficient (Wildman–Crippen LogP) is 2.23. The number of aromatic carboxylic acids is 1. The van der Waals surface area contributed by atoms with Crippen molar-refractivity contribution in [1.29, 1.82) is 0 Å². The number of H-pyrrole nitrogens is 1. The molecule has 0 saturated heterocycles. The van der Waals surface area contributed by atoms with Crippen LogP contribution in [0.4, 0.5) is 0 Å². The number of nitrogens with zero attached hydrogens (tertiary/aromatic N) is 1. The Morgan fingerprint density at radius 1 is 1.26 bits per heavy atom. The third kappa shape index (κ3) is 5.56. The molecule has 27 heavy (non-hydrogen) atoms. The lowest BCUT2D eigenvalue weighted by molar-refractivity contribution is 0.0669. The molecule has 1 aliphatic carbocycles. The van der Waals surface area contributed by atoms with E-state index in [1.54, 1.807) is 0 Å². The van der Waals surface area contributed by atoms with E-state index in [4.69, 9.17) is 9.84 Å². The van der Waals surface area contributed by atoms with Crippen LogP contribution < -0.4 is 5.43 Å². The summed E-state index contributed by atoms with van der Waals surface area (Å²) in [6, 6.07) is 0. The van der Waals surface area contributed by atoms with Crippen LogP contribution in [-0.2, 0) is 4.74 Å². The number of nitrogens with one attached hydrogen (secondary N) is 1. The molecule has 1 fully saturated rings. The highest BCUT2D eigenvalue weighted by Gasteiger charge is 2.24. The van der Waals surface area contributed by atoms with E-state index < -0.39 is 28.6 Å². The molecule has 2 rings (SSSR count). The molecule has 3 N–H and O–H groups in total. The van der Waals surface area contributed by atoms with Crippen molar-refractivity contribution >= 4 is 11.9 Å². The van der Waals surface area contributed by atoms with Crippen molar-refractivity contribution in [2.24, 2.45) is 5.92 Å². The molecule has 8 nitrogen and oxygen atoms in total. The number of carboxylic acids is 1. The lowest BCUT2D eigenvalue weighted by Gasteiger charge is -2.25. The normalized spacial score (nSPS) is 14.9. The predicted molar refractivity (Wildman–Crippen MR) is 99.3 cm³/mol. The van der Waals surface area contributed by atoms with Crippen molar-refractivity contribution in [3.63, 3.8) is 0 Å².